The summed E-state index contributed by atoms with van der Waals surface area (Å²) >= 11 is 5.73. The molecule has 2 atom stereocenters. The number of anilines is 1. The van der Waals surface area contributed by atoms with Gasteiger partial charge < -0.3 is 5.73 Å². The van der Waals surface area contributed by atoms with Crippen molar-refractivity contribution in [1.29, 1.82) is 0 Å². The SMILES string of the molecule is Nc1ncc(C2CCC(=S)C3(C=Nc4ccccc43)C2)cn1. The van der Waals surface area contributed by atoms with Gasteiger partial charge in [-0.15, -0.1) is 0 Å². The Hall–Kier alpha value is -2.14. The molecule has 1 aromatic carbocycles. The van der Waals surface area contributed by atoms with Crippen molar-refractivity contribution < 1.29 is 0 Å². The maximum Gasteiger partial charge on any atom is 0.219 e. The lowest BCUT2D eigenvalue weighted by Gasteiger charge is -2.37. The van der Waals surface area contributed by atoms with E-state index in [9.17, 15) is 0 Å². The zero-order valence-corrected chi connectivity index (χ0v) is 12.9. The number of nitrogens with two attached hydrogens (primary N) is 1. The predicted molar refractivity (Wildman–Crippen MR) is 91.9 cm³/mol. The van der Waals surface area contributed by atoms with E-state index in [0.29, 0.717) is 11.9 Å². The second-order valence-corrected chi connectivity index (χ2v) is 6.48. The van der Waals surface area contributed by atoms with Gasteiger partial charge in [-0.3, -0.25) is 4.99 Å². The summed E-state index contributed by atoms with van der Waals surface area (Å²) in [5.41, 5.74) is 8.79. The summed E-state index contributed by atoms with van der Waals surface area (Å²) in [4.78, 5) is 14.0. The molecule has 2 unspecified atom stereocenters. The molecule has 2 aromatic rings. The number of nitrogen functional groups attached to an aromatic ring is 1. The van der Waals surface area contributed by atoms with Crippen LogP contribution in [0.5, 0.6) is 0 Å². The standard InChI is InChI=1S/C17H16N4S/c18-16-19-8-12(9-20-16)11-5-6-15(22)17(7-11)10-21-14-4-2-1-3-13(14)17/h1-4,8-11H,5-7H2,(H2,18,19,20). The minimum atomic E-state index is -0.212. The van der Waals surface area contributed by atoms with Crippen LogP contribution in [0.25, 0.3) is 0 Å². The van der Waals surface area contributed by atoms with Crippen LogP contribution in [0.3, 0.4) is 0 Å². The number of aromatic nitrogens is 2. The molecule has 4 rings (SSSR count). The summed E-state index contributed by atoms with van der Waals surface area (Å²) in [5.74, 6) is 0.697. The maximum atomic E-state index is 5.73. The molecule has 110 valence electrons. The number of rotatable bonds is 1. The lowest BCUT2D eigenvalue weighted by atomic mass is 9.66. The van der Waals surface area contributed by atoms with Crippen LogP contribution in [-0.4, -0.2) is 21.0 Å². The van der Waals surface area contributed by atoms with Crippen molar-refractivity contribution in [2.75, 3.05) is 5.73 Å². The van der Waals surface area contributed by atoms with E-state index in [1.807, 2.05) is 24.7 Å². The maximum absolute atomic E-state index is 5.73. The van der Waals surface area contributed by atoms with Gasteiger partial charge in [0.25, 0.3) is 0 Å². The van der Waals surface area contributed by atoms with Crippen LogP contribution in [-0.2, 0) is 5.41 Å². The van der Waals surface area contributed by atoms with Gasteiger partial charge in [0.15, 0.2) is 0 Å². The van der Waals surface area contributed by atoms with E-state index in [1.165, 1.54) is 5.56 Å². The van der Waals surface area contributed by atoms with Gasteiger partial charge in [0.1, 0.15) is 0 Å². The highest BCUT2D eigenvalue weighted by molar-refractivity contribution is 7.80. The molecule has 1 aliphatic heterocycles. The topological polar surface area (TPSA) is 64.2 Å². The fourth-order valence-corrected chi connectivity index (χ4v) is 3.94. The minimum absolute atomic E-state index is 0.212. The van der Waals surface area contributed by atoms with E-state index in [2.05, 4.69) is 33.2 Å². The van der Waals surface area contributed by atoms with E-state index in [0.717, 1.165) is 35.4 Å². The molecule has 0 radical (unpaired) electrons. The smallest absolute Gasteiger partial charge is 0.219 e. The number of hydrogen-bond donors (Lipinski definition) is 1. The molecule has 22 heavy (non-hydrogen) atoms. The van der Waals surface area contributed by atoms with Crippen LogP contribution >= 0.6 is 12.2 Å². The lowest BCUT2D eigenvalue weighted by Crippen LogP contribution is -2.40. The van der Waals surface area contributed by atoms with Crippen LogP contribution in [0.4, 0.5) is 11.6 Å². The summed E-state index contributed by atoms with van der Waals surface area (Å²) < 4.78 is 0. The van der Waals surface area contributed by atoms with Gasteiger partial charge in [-0.1, -0.05) is 30.4 Å². The first kappa shape index (κ1) is 13.5. The van der Waals surface area contributed by atoms with Crippen molar-refractivity contribution in [3.05, 3.63) is 47.8 Å². The molecule has 0 bridgehead atoms. The van der Waals surface area contributed by atoms with Crippen LogP contribution in [0, 0.1) is 0 Å². The third kappa shape index (κ3) is 1.96. The first-order chi connectivity index (χ1) is 10.7. The molecule has 2 N–H and O–H groups in total. The van der Waals surface area contributed by atoms with Gasteiger partial charge in [-0.25, -0.2) is 9.97 Å². The number of fused-ring (bicyclic) bond motifs is 2. The van der Waals surface area contributed by atoms with Gasteiger partial charge >= 0.3 is 0 Å². The van der Waals surface area contributed by atoms with Crippen LogP contribution in [0.15, 0.2) is 41.7 Å². The summed E-state index contributed by atoms with van der Waals surface area (Å²) in [6, 6.07) is 8.29. The van der Waals surface area contributed by atoms with Crippen molar-refractivity contribution in [1.82, 2.24) is 9.97 Å². The Balaban J connectivity index is 1.73. The molecule has 4 nitrogen and oxygen atoms in total. The number of aliphatic imine (C=N–C) groups is 1. The highest BCUT2D eigenvalue weighted by Crippen LogP contribution is 2.48. The summed E-state index contributed by atoms with van der Waals surface area (Å²) in [6.45, 7) is 0. The van der Waals surface area contributed by atoms with Gasteiger partial charge in [0, 0.05) is 23.5 Å². The lowest BCUT2D eigenvalue weighted by molar-refractivity contribution is 0.497. The second kappa shape index (κ2) is 4.95. The zero-order valence-electron chi connectivity index (χ0n) is 12.1. The molecule has 2 heterocycles. The molecule has 0 amide bonds. The van der Waals surface area contributed by atoms with Gasteiger partial charge in [0.05, 0.1) is 11.1 Å². The Morgan fingerprint density at radius 2 is 1.95 bits per heavy atom. The Morgan fingerprint density at radius 1 is 1.18 bits per heavy atom. The highest BCUT2D eigenvalue weighted by Gasteiger charge is 2.44. The summed E-state index contributed by atoms with van der Waals surface area (Å²) in [6.07, 6.45) is 8.61. The van der Waals surface area contributed by atoms with Gasteiger partial charge in [-0.2, -0.15) is 0 Å². The van der Waals surface area contributed by atoms with Crippen molar-refractivity contribution in [2.24, 2.45) is 4.99 Å². The first-order valence-electron chi connectivity index (χ1n) is 7.44. The normalized spacial score (nSPS) is 26.4. The number of para-hydroxylation sites is 1. The van der Waals surface area contributed by atoms with Gasteiger partial charge in [0.2, 0.25) is 5.95 Å². The Bertz CT molecular complexity index is 768. The van der Waals surface area contributed by atoms with E-state index >= 15 is 0 Å². The second-order valence-electron chi connectivity index (χ2n) is 5.98. The van der Waals surface area contributed by atoms with Crippen LogP contribution in [0.2, 0.25) is 0 Å². The van der Waals surface area contributed by atoms with E-state index in [4.69, 9.17) is 18.0 Å². The average Bonchev–Trinajstić information content (AvgIpc) is 2.91. The van der Waals surface area contributed by atoms with Crippen molar-refractivity contribution in [3.63, 3.8) is 0 Å². The first-order valence-corrected chi connectivity index (χ1v) is 7.85. The Morgan fingerprint density at radius 3 is 2.77 bits per heavy atom. The highest BCUT2D eigenvalue weighted by atomic mass is 32.1. The number of nitrogens with zero attached hydrogens (tertiary/aromatic N) is 3. The number of benzene rings is 1. The Labute approximate surface area is 134 Å². The molecule has 5 heteroatoms. The molecule has 1 spiro atoms. The van der Waals surface area contributed by atoms with Crippen LogP contribution < -0.4 is 5.73 Å². The van der Waals surface area contributed by atoms with E-state index < -0.39 is 0 Å². The third-order valence-corrected chi connectivity index (χ3v) is 5.33. The molecule has 1 saturated carbocycles. The fourth-order valence-electron chi connectivity index (χ4n) is 3.57. The number of hydrogen-bond acceptors (Lipinski definition) is 5. The molecular weight excluding hydrogens is 292 g/mol. The Kier molecular flexibility index (Phi) is 3.04. The van der Waals surface area contributed by atoms with Crippen molar-refractivity contribution in [3.8, 4) is 0 Å². The van der Waals surface area contributed by atoms with E-state index in [-0.39, 0.29) is 5.41 Å². The summed E-state index contributed by atoms with van der Waals surface area (Å²) in [7, 11) is 0. The minimum Gasteiger partial charge on any atom is -0.368 e. The summed E-state index contributed by atoms with van der Waals surface area (Å²) in [5, 5.41) is 0. The largest absolute Gasteiger partial charge is 0.368 e. The van der Waals surface area contributed by atoms with E-state index in [1.54, 1.807) is 0 Å². The molecule has 1 aliphatic carbocycles. The molecule has 0 saturated heterocycles. The average molecular weight is 308 g/mol. The zero-order chi connectivity index (χ0) is 15.2. The van der Waals surface area contributed by atoms with Crippen molar-refractivity contribution >= 4 is 34.9 Å². The molecule has 1 fully saturated rings. The fraction of sp³-hybridized carbons (Fsp3) is 0.294. The predicted octanol–water partition coefficient (Wildman–Crippen LogP) is 3.35. The molecule has 1 aromatic heterocycles. The monoisotopic (exact) mass is 308 g/mol. The molecular formula is C17H16N4S. The van der Waals surface area contributed by atoms with Crippen LogP contribution in [0.1, 0.15) is 36.3 Å². The third-order valence-electron chi connectivity index (χ3n) is 4.76. The quantitative estimate of drug-likeness (QED) is 0.821. The molecule has 2 aliphatic rings. The van der Waals surface area contributed by atoms with Crippen molar-refractivity contribution in [2.45, 2.75) is 30.6 Å². The number of thiocarbonyl (C=S) groups is 1. The van der Waals surface area contributed by atoms with Gasteiger partial charge in [-0.05, 0) is 42.4 Å².